The van der Waals surface area contributed by atoms with E-state index < -0.39 is 14.9 Å². The lowest BCUT2D eigenvalue weighted by Gasteiger charge is -2.16. The van der Waals surface area contributed by atoms with Gasteiger partial charge in [0.25, 0.3) is 5.69 Å². The molecule has 0 radical (unpaired) electrons. The average molecular weight is 310 g/mol. The molecule has 112 valence electrons. The molecule has 0 saturated heterocycles. The summed E-state index contributed by atoms with van der Waals surface area (Å²) in [6.07, 6.45) is 1.22. The van der Waals surface area contributed by atoms with Crippen LogP contribution in [0.3, 0.4) is 0 Å². The van der Waals surface area contributed by atoms with Crippen molar-refractivity contribution >= 4 is 15.7 Å². The summed E-state index contributed by atoms with van der Waals surface area (Å²) in [5.74, 6) is 0. The third kappa shape index (κ3) is 2.93. The number of hydrogen-bond donors (Lipinski definition) is 1. The number of nitrogens with zero attached hydrogens (tertiary/aromatic N) is 3. The fraction of sp³-hybridized carbons (Fsp3) is 0.250. The summed E-state index contributed by atoms with van der Waals surface area (Å²) in [4.78, 5) is 10.5. The van der Waals surface area contributed by atoms with Crippen LogP contribution in [0.25, 0.3) is 0 Å². The van der Waals surface area contributed by atoms with E-state index in [0.717, 1.165) is 4.31 Å². The third-order valence-electron chi connectivity index (χ3n) is 3.05. The van der Waals surface area contributed by atoms with Crippen molar-refractivity contribution in [1.29, 1.82) is 0 Å². The molecule has 0 aliphatic heterocycles. The first kappa shape index (κ1) is 15.1. The number of sulfonamides is 1. The zero-order valence-corrected chi connectivity index (χ0v) is 12.3. The van der Waals surface area contributed by atoms with Crippen LogP contribution in [0, 0.1) is 17.0 Å². The molecule has 0 spiro atoms. The number of nitro benzene ring substituents is 1. The second-order valence-electron chi connectivity index (χ2n) is 4.51. The molecule has 0 unspecified atom stereocenters. The van der Waals surface area contributed by atoms with Gasteiger partial charge < -0.3 is 0 Å². The Morgan fingerprint density at radius 3 is 2.62 bits per heavy atom. The first-order valence-corrected chi connectivity index (χ1v) is 7.46. The Morgan fingerprint density at radius 2 is 2.05 bits per heavy atom. The van der Waals surface area contributed by atoms with E-state index in [-0.39, 0.29) is 17.1 Å². The monoisotopic (exact) mass is 310 g/mol. The maximum Gasteiger partial charge on any atom is 0.273 e. The van der Waals surface area contributed by atoms with E-state index in [1.807, 2.05) is 0 Å². The highest BCUT2D eigenvalue weighted by molar-refractivity contribution is 7.89. The fourth-order valence-electron chi connectivity index (χ4n) is 1.92. The van der Waals surface area contributed by atoms with Crippen LogP contribution in [0.1, 0.15) is 11.3 Å². The van der Waals surface area contributed by atoms with Crippen LogP contribution in [0.15, 0.2) is 35.4 Å². The van der Waals surface area contributed by atoms with Gasteiger partial charge in [-0.3, -0.25) is 15.2 Å². The lowest BCUT2D eigenvalue weighted by atomic mass is 10.2. The van der Waals surface area contributed by atoms with E-state index in [0.29, 0.717) is 11.3 Å². The largest absolute Gasteiger partial charge is 0.281 e. The van der Waals surface area contributed by atoms with Gasteiger partial charge in [-0.15, -0.1) is 0 Å². The maximum atomic E-state index is 12.4. The van der Waals surface area contributed by atoms with Crippen molar-refractivity contribution in [3.05, 3.63) is 51.8 Å². The molecule has 0 bridgehead atoms. The van der Waals surface area contributed by atoms with Gasteiger partial charge in [-0.1, -0.05) is 18.2 Å². The molecule has 1 heterocycles. The molecule has 0 aliphatic carbocycles. The van der Waals surface area contributed by atoms with Crippen molar-refractivity contribution in [2.45, 2.75) is 18.4 Å². The summed E-state index contributed by atoms with van der Waals surface area (Å²) in [6.45, 7) is 1.50. The topological polar surface area (TPSA) is 109 Å². The highest BCUT2D eigenvalue weighted by Crippen LogP contribution is 2.23. The zero-order chi connectivity index (χ0) is 15.6. The van der Waals surface area contributed by atoms with Crippen LogP contribution in [0.5, 0.6) is 0 Å². The molecule has 2 rings (SSSR count). The number of nitro groups is 1. The maximum absolute atomic E-state index is 12.4. The second kappa shape index (κ2) is 5.62. The standard InChI is InChI=1S/C12H14N4O4S/c1-9-12(7-13-14-9)21(19,20)15(2)8-10-5-3-4-6-11(10)16(17)18/h3-7H,8H2,1-2H3,(H,13,14). The van der Waals surface area contributed by atoms with Crippen LogP contribution < -0.4 is 0 Å². The van der Waals surface area contributed by atoms with Crippen LogP contribution in [-0.2, 0) is 16.6 Å². The van der Waals surface area contributed by atoms with Crippen LogP contribution in [0.2, 0.25) is 0 Å². The van der Waals surface area contributed by atoms with E-state index in [1.165, 1.54) is 31.4 Å². The summed E-state index contributed by atoms with van der Waals surface area (Å²) in [5.41, 5.74) is 0.641. The van der Waals surface area contributed by atoms with Gasteiger partial charge in [0.1, 0.15) is 4.90 Å². The van der Waals surface area contributed by atoms with E-state index >= 15 is 0 Å². The van der Waals surface area contributed by atoms with Crippen LogP contribution in [-0.4, -0.2) is 34.9 Å². The number of hydrogen-bond acceptors (Lipinski definition) is 5. The second-order valence-corrected chi connectivity index (χ2v) is 6.52. The van der Waals surface area contributed by atoms with Crippen LogP contribution in [0.4, 0.5) is 5.69 Å². The van der Waals surface area contributed by atoms with Gasteiger partial charge in [0.05, 0.1) is 16.8 Å². The number of rotatable bonds is 5. The number of aromatic nitrogens is 2. The molecule has 0 saturated carbocycles. The SMILES string of the molecule is Cc1[nH]ncc1S(=O)(=O)N(C)Cc1ccccc1[N+](=O)[O-]. The zero-order valence-electron chi connectivity index (χ0n) is 11.5. The summed E-state index contributed by atoms with van der Waals surface area (Å²) < 4.78 is 25.9. The van der Waals surface area contributed by atoms with E-state index in [4.69, 9.17) is 0 Å². The molecule has 9 heteroatoms. The highest BCUT2D eigenvalue weighted by Gasteiger charge is 2.26. The molecule has 0 fully saturated rings. The Labute approximate surface area is 121 Å². The minimum Gasteiger partial charge on any atom is -0.281 e. The molecule has 8 nitrogen and oxygen atoms in total. The quantitative estimate of drug-likeness (QED) is 0.664. The lowest BCUT2D eigenvalue weighted by Crippen LogP contribution is -2.27. The Hall–Kier alpha value is -2.26. The number of aryl methyl sites for hydroxylation is 1. The Kier molecular flexibility index (Phi) is 4.05. The molecule has 1 N–H and O–H groups in total. The summed E-state index contributed by atoms with van der Waals surface area (Å²) in [6, 6.07) is 6.05. The molecular formula is C12H14N4O4S. The summed E-state index contributed by atoms with van der Waals surface area (Å²) in [5, 5.41) is 17.2. The molecule has 0 aliphatic rings. The van der Waals surface area contributed by atoms with Gasteiger partial charge in [-0.05, 0) is 6.92 Å². The molecule has 0 amide bonds. The number of para-hydroxylation sites is 1. The van der Waals surface area contributed by atoms with E-state index in [9.17, 15) is 18.5 Å². The average Bonchev–Trinajstić information content (AvgIpc) is 2.86. The molecule has 1 aromatic carbocycles. The van der Waals surface area contributed by atoms with Gasteiger partial charge >= 0.3 is 0 Å². The van der Waals surface area contributed by atoms with E-state index in [1.54, 1.807) is 13.0 Å². The van der Waals surface area contributed by atoms with Crippen molar-refractivity contribution in [3.8, 4) is 0 Å². The summed E-state index contributed by atoms with van der Waals surface area (Å²) in [7, 11) is -2.38. The predicted octanol–water partition coefficient (Wildman–Crippen LogP) is 1.45. The van der Waals surface area contributed by atoms with Crippen molar-refractivity contribution in [2.75, 3.05) is 7.05 Å². The van der Waals surface area contributed by atoms with Crippen molar-refractivity contribution in [3.63, 3.8) is 0 Å². The summed E-state index contributed by atoms with van der Waals surface area (Å²) >= 11 is 0. The van der Waals surface area contributed by atoms with Crippen molar-refractivity contribution in [1.82, 2.24) is 14.5 Å². The van der Waals surface area contributed by atoms with Crippen LogP contribution >= 0.6 is 0 Å². The lowest BCUT2D eigenvalue weighted by molar-refractivity contribution is -0.385. The van der Waals surface area contributed by atoms with Gasteiger partial charge in [-0.2, -0.15) is 9.40 Å². The number of aromatic amines is 1. The molecular weight excluding hydrogens is 296 g/mol. The highest BCUT2D eigenvalue weighted by atomic mass is 32.2. The Balaban J connectivity index is 2.33. The third-order valence-corrected chi connectivity index (χ3v) is 4.97. The molecule has 2 aromatic rings. The number of nitrogens with one attached hydrogen (secondary N) is 1. The van der Waals surface area contributed by atoms with Gasteiger partial charge in [0.15, 0.2) is 0 Å². The van der Waals surface area contributed by atoms with Crippen molar-refractivity contribution in [2.24, 2.45) is 0 Å². The fourth-order valence-corrected chi connectivity index (χ4v) is 3.18. The normalized spacial score (nSPS) is 11.8. The first-order chi connectivity index (χ1) is 9.84. The van der Waals surface area contributed by atoms with Gasteiger partial charge in [-0.25, -0.2) is 8.42 Å². The van der Waals surface area contributed by atoms with Gasteiger partial charge in [0, 0.05) is 25.2 Å². The minimum absolute atomic E-state index is 0.0589. The number of H-pyrrole nitrogens is 1. The minimum atomic E-state index is -3.75. The van der Waals surface area contributed by atoms with Gasteiger partial charge in [0.2, 0.25) is 10.0 Å². The number of benzene rings is 1. The Bertz CT molecular complexity index is 769. The Morgan fingerprint density at radius 1 is 1.38 bits per heavy atom. The smallest absolute Gasteiger partial charge is 0.273 e. The molecule has 0 atom stereocenters. The first-order valence-electron chi connectivity index (χ1n) is 6.02. The molecule has 21 heavy (non-hydrogen) atoms. The van der Waals surface area contributed by atoms with Crippen molar-refractivity contribution < 1.29 is 13.3 Å². The predicted molar refractivity (Wildman–Crippen MR) is 75.1 cm³/mol. The molecule has 1 aromatic heterocycles. The van der Waals surface area contributed by atoms with E-state index in [2.05, 4.69) is 10.2 Å².